The molecule has 0 radical (unpaired) electrons. The number of carbonyl (C=O) groups excluding carboxylic acids is 5. The third-order valence-electron chi connectivity index (χ3n) is 9.46. The highest BCUT2D eigenvalue weighted by molar-refractivity contribution is 5.80. The van der Waals surface area contributed by atoms with E-state index in [0.717, 1.165) is 20.8 Å². The van der Waals surface area contributed by atoms with Crippen LogP contribution < -0.4 is 0 Å². The standard InChI is InChI=1S/C28H34O13/c1-13-22(34)39-20-9-18(11-29)7-8-26(40-16(4)32)24(6)21(38-15(3)31)19(37-14(2)30)10-25(12-36-25)23(24)28(26,27(13,20)35)41-17(5)33/h7-9,13,19-21,23,29,35H,10-12H2,1-6H3/b8-7-,18-9+/t13-,19-,20-,21-,23+,24-,25+,26+,27-,28-/m0/s1. The molecule has 0 unspecified atom stereocenters. The van der Waals surface area contributed by atoms with Gasteiger partial charge in [-0.15, -0.1) is 0 Å². The average molecular weight is 579 g/mol. The summed E-state index contributed by atoms with van der Waals surface area (Å²) in [4.78, 5) is 63.7. The fourth-order valence-corrected chi connectivity index (χ4v) is 8.23. The van der Waals surface area contributed by atoms with Crippen LogP contribution in [0.3, 0.4) is 0 Å². The van der Waals surface area contributed by atoms with Crippen molar-refractivity contribution in [2.24, 2.45) is 17.3 Å². The number of hydrogen-bond donors (Lipinski definition) is 2. The van der Waals surface area contributed by atoms with E-state index in [1.807, 2.05) is 0 Å². The Bertz CT molecular complexity index is 1280. The topological polar surface area (TPSA) is 184 Å². The summed E-state index contributed by atoms with van der Waals surface area (Å²) in [5.74, 6) is -6.37. The van der Waals surface area contributed by atoms with E-state index in [2.05, 4.69) is 0 Å². The van der Waals surface area contributed by atoms with Crippen LogP contribution in [0.5, 0.6) is 0 Å². The van der Waals surface area contributed by atoms with Crippen molar-refractivity contribution < 1.29 is 62.6 Å². The number of epoxide rings is 1. The van der Waals surface area contributed by atoms with E-state index >= 15 is 0 Å². The minimum atomic E-state index is -2.38. The molecule has 2 saturated heterocycles. The molecule has 41 heavy (non-hydrogen) atoms. The van der Waals surface area contributed by atoms with Crippen molar-refractivity contribution in [3.63, 3.8) is 0 Å². The van der Waals surface area contributed by atoms with Gasteiger partial charge in [-0.25, -0.2) is 0 Å². The molecule has 1 spiro atoms. The third kappa shape index (κ3) is 3.54. The van der Waals surface area contributed by atoms with E-state index in [0.29, 0.717) is 0 Å². The van der Waals surface area contributed by atoms with Crippen LogP contribution >= 0.6 is 0 Å². The molecule has 5 aliphatic rings. The first kappa shape index (κ1) is 29.2. The number of carbonyl (C=O) groups is 5. The van der Waals surface area contributed by atoms with Crippen LogP contribution in [0.4, 0.5) is 0 Å². The molecule has 0 amide bonds. The first-order valence-corrected chi connectivity index (χ1v) is 13.4. The molecule has 5 rings (SSSR count). The zero-order valence-electron chi connectivity index (χ0n) is 23.6. The van der Waals surface area contributed by atoms with Gasteiger partial charge in [-0.1, -0.05) is 13.0 Å². The number of esters is 5. The van der Waals surface area contributed by atoms with Gasteiger partial charge < -0.3 is 38.6 Å². The van der Waals surface area contributed by atoms with Crippen molar-refractivity contribution in [2.75, 3.05) is 13.2 Å². The molecule has 2 saturated carbocycles. The van der Waals surface area contributed by atoms with Gasteiger partial charge in [0.05, 0.1) is 30.5 Å². The van der Waals surface area contributed by atoms with E-state index in [-0.39, 0.29) is 18.6 Å². The minimum Gasteiger partial charge on any atom is -0.458 e. The minimum absolute atomic E-state index is 0.0185. The molecular formula is C28H34O13. The number of ether oxygens (including phenoxy) is 6. The second kappa shape index (κ2) is 9.10. The van der Waals surface area contributed by atoms with E-state index in [9.17, 15) is 34.2 Å². The Balaban J connectivity index is 1.91. The predicted molar refractivity (Wildman–Crippen MR) is 133 cm³/mol. The Morgan fingerprint density at radius 3 is 2.15 bits per heavy atom. The fraction of sp³-hybridized carbons (Fsp3) is 0.679. The monoisotopic (exact) mass is 578 g/mol. The SMILES string of the molecule is CC(=O)O[C@H]1C[C@@]2(CO2)[C@H]2[C@](C)([C@H]1OC(C)=O)[C@]1(OC(C)=O)/C=C\C(CO)=C/[C@@H]3OC(=O)[C@H](C)[C@@]3(O)[C@]21OC(C)=O. The van der Waals surface area contributed by atoms with E-state index < -0.39 is 94.4 Å². The van der Waals surface area contributed by atoms with E-state index in [4.69, 9.17) is 28.4 Å². The summed E-state index contributed by atoms with van der Waals surface area (Å²) >= 11 is 0. The molecule has 0 bridgehead atoms. The molecule has 0 aromatic carbocycles. The first-order valence-electron chi connectivity index (χ1n) is 13.4. The lowest BCUT2D eigenvalue weighted by Crippen LogP contribution is -2.96. The van der Waals surface area contributed by atoms with Crippen molar-refractivity contribution in [3.8, 4) is 0 Å². The van der Waals surface area contributed by atoms with Gasteiger partial charge in [0.25, 0.3) is 0 Å². The van der Waals surface area contributed by atoms with Crippen LogP contribution in [-0.2, 0) is 52.4 Å². The van der Waals surface area contributed by atoms with E-state index in [1.54, 1.807) is 6.92 Å². The van der Waals surface area contributed by atoms with E-state index in [1.165, 1.54) is 32.1 Å². The third-order valence-corrected chi connectivity index (χ3v) is 9.46. The molecule has 0 aromatic heterocycles. The first-order chi connectivity index (χ1) is 19.1. The molecule has 2 aliphatic heterocycles. The van der Waals surface area contributed by atoms with Gasteiger partial charge in [-0.05, 0) is 24.6 Å². The highest BCUT2D eigenvalue weighted by atomic mass is 16.7. The smallest absolute Gasteiger partial charge is 0.312 e. The predicted octanol–water partition coefficient (Wildman–Crippen LogP) is 0.0435. The maximum absolute atomic E-state index is 13.1. The summed E-state index contributed by atoms with van der Waals surface area (Å²) in [6.07, 6.45) is 0.263. The lowest BCUT2D eigenvalue weighted by atomic mass is 9.30. The van der Waals surface area contributed by atoms with Gasteiger partial charge in [0, 0.05) is 34.1 Å². The zero-order chi connectivity index (χ0) is 30.3. The van der Waals surface area contributed by atoms with Crippen LogP contribution in [0.15, 0.2) is 23.8 Å². The number of fused-ring (bicyclic) bond motifs is 7. The highest BCUT2D eigenvalue weighted by Gasteiger charge is 2.98. The van der Waals surface area contributed by atoms with Crippen molar-refractivity contribution in [1.82, 2.24) is 0 Å². The molecule has 10 atom stereocenters. The second-order valence-corrected chi connectivity index (χ2v) is 11.7. The average Bonchev–Trinajstić information content (AvgIpc) is 3.58. The molecule has 224 valence electrons. The zero-order valence-corrected chi connectivity index (χ0v) is 23.6. The summed E-state index contributed by atoms with van der Waals surface area (Å²) in [7, 11) is 0. The van der Waals surface area contributed by atoms with Crippen LogP contribution in [-0.4, -0.2) is 94.0 Å². The summed E-state index contributed by atoms with van der Waals surface area (Å²) in [5, 5.41) is 22.9. The summed E-state index contributed by atoms with van der Waals surface area (Å²) in [6, 6.07) is 0. The molecular weight excluding hydrogens is 544 g/mol. The van der Waals surface area contributed by atoms with Gasteiger partial charge >= 0.3 is 29.8 Å². The molecule has 13 heteroatoms. The lowest BCUT2D eigenvalue weighted by Gasteiger charge is -2.78. The molecule has 3 aliphatic carbocycles. The number of rotatable bonds is 5. The lowest BCUT2D eigenvalue weighted by molar-refractivity contribution is -0.426. The van der Waals surface area contributed by atoms with Gasteiger partial charge in [0.2, 0.25) is 0 Å². The maximum Gasteiger partial charge on any atom is 0.312 e. The Labute approximate surface area is 235 Å². The van der Waals surface area contributed by atoms with Gasteiger partial charge in [-0.3, -0.25) is 24.0 Å². The summed E-state index contributed by atoms with van der Waals surface area (Å²) < 4.78 is 35.2. The van der Waals surface area contributed by atoms with Crippen molar-refractivity contribution >= 4 is 29.8 Å². The molecule has 0 aromatic rings. The molecule has 13 nitrogen and oxygen atoms in total. The van der Waals surface area contributed by atoms with Crippen LogP contribution in [0.1, 0.15) is 48.0 Å². The quantitative estimate of drug-likeness (QED) is 0.253. The van der Waals surface area contributed by atoms with Gasteiger partial charge in [-0.2, -0.15) is 0 Å². The Morgan fingerprint density at radius 2 is 1.63 bits per heavy atom. The van der Waals surface area contributed by atoms with Gasteiger partial charge in [0.15, 0.2) is 22.9 Å². The van der Waals surface area contributed by atoms with Gasteiger partial charge in [0.1, 0.15) is 17.8 Å². The fourth-order valence-electron chi connectivity index (χ4n) is 8.23. The maximum atomic E-state index is 13.1. The summed E-state index contributed by atoms with van der Waals surface area (Å²) in [5.41, 5.74) is -9.40. The molecule has 4 fully saturated rings. The summed E-state index contributed by atoms with van der Waals surface area (Å²) in [6.45, 7) is 7.08. The van der Waals surface area contributed by atoms with Crippen molar-refractivity contribution in [3.05, 3.63) is 23.8 Å². The van der Waals surface area contributed by atoms with Crippen LogP contribution in [0, 0.1) is 17.3 Å². The van der Waals surface area contributed by atoms with Crippen LogP contribution in [0.2, 0.25) is 0 Å². The Morgan fingerprint density at radius 1 is 1.02 bits per heavy atom. The highest BCUT2D eigenvalue weighted by Crippen LogP contribution is 2.79. The van der Waals surface area contributed by atoms with Crippen molar-refractivity contribution in [2.45, 2.75) is 88.7 Å². The Kier molecular flexibility index (Phi) is 6.49. The van der Waals surface area contributed by atoms with Crippen molar-refractivity contribution in [1.29, 1.82) is 0 Å². The molecule has 2 N–H and O–H groups in total. The second-order valence-electron chi connectivity index (χ2n) is 11.7. The Hall–Kier alpha value is -3.29. The molecule has 2 heterocycles. The number of hydrogen-bond acceptors (Lipinski definition) is 13. The normalized spacial score (nSPS) is 47.4. The van der Waals surface area contributed by atoms with Crippen LogP contribution in [0.25, 0.3) is 0 Å². The largest absolute Gasteiger partial charge is 0.458 e. The number of aliphatic hydroxyl groups excluding tert-OH is 1. The number of aliphatic hydroxyl groups is 2.